The predicted octanol–water partition coefficient (Wildman–Crippen LogP) is 3.80. The molecule has 5 heteroatoms. The largest absolute Gasteiger partial charge is 0.497 e. The molecule has 0 fully saturated rings. The fourth-order valence-electron chi connectivity index (χ4n) is 2.48. The van der Waals surface area contributed by atoms with Gasteiger partial charge in [-0.25, -0.2) is 0 Å². The zero-order valence-corrected chi connectivity index (χ0v) is 13.9. The average molecular weight is 334 g/mol. The first-order chi connectivity index (χ1) is 11.3. The van der Waals surface area contributed by atoms with Gasteiger partial charge in [-0.2, -0.15) is 0 Å². The minimum atomic E-state index is 0.602. The van der Waals surface area contributed by atoms with E-state index in [-0.39, 0.29) is 0 Å². The number of methoxy groups -OCH3 is 1. The summed E-state index contributed by atoms with van der Waals surface area (Å²) in [5, 5.41) is 4.01. The van der Waals surface area contributed by atoms with Gasteiger partial charge >= 0.3 is 0 Å². The molecule has 0 radical (unpaired) electrons. The third kappa shape index (κ3) is 4.09. The second-order valence-electron chi connectivity index (χ2n) is 5.41. The van der Waals surface area contributed by atoms with E-state index in [1.54, 1.807) is 7.11 Å². The molecule has 0 aliphatic carbocycles. The molecular formula is C18H20ClNO3. The topological polar surface area (TPSA) is 39.7 Å². The van der Waals surface area contributed by atoms with Crippen LogP contribution in [-0.2, 0) is 13.1 Å². The molecule has 0 aromatic heterocycles. The summed E-state index contributed by atoms with van der Waals surface area (Å²) >= 11 is 6.30. The lowest BCUT2D eigenvalue weighted by Crippen LogP contribution is -2.12. The Labute approximate surface area is 141 Å². The highest BCUT2D eigenvalue weighted by molar-refractivity contribution is 6.32. The number of fused-ring (bicyclic) bond motifs is 1. The van der Waals surface area contributed by atoms with Crippen molar-refractivity contribution in [3.05, 3.63) is 52.5 Å². The highest BCUT2D eigenvalue weighted by Crippen LogP contribution is 2.37. The van der Waals surface area contributed by atoms with E-state index in [0.29, 0.717) is 30.5 Å². The minimum Gasteiger partial charge on any atom is -0.497 e. The van der Waals surface area contributed by atoms with Gasteiger partial charge in [0, 0.05) is 19.5 Å². The third-order valence-corrected chi connectivity index (χ3v) is 3.96. The van der Waals surface area contributed by atoms with Crippen molar-refractivity contribution in [3.63, 3.8) is 0 Å². The molecule has 0 amide bonds. The summed E-state index contributed by atoms with van der Waals surface area (Å²) in [5.41, 5.74) is 2.28. The SMILES string of the molecule is COc1ccc(CNCc2cc(Cl)c3c(c2)OCCCO3)cc1. The van der Waals surface area contributed by atoms with Gasteiger partial charge < -0.3 is 19.5 Å². The summed E-state index contributed by atoms with van der Waals surface area (Å²) in [7, 11) is 1.67. The van der Waals surface area contributed by atoms with Crippen LogP contribution in [0.3, 0.4) is 0 Å². The number of hydrogen-bond donors (Lipinski definition) is 1. The van der Waals surface area contributed by atoms with Crippen LogP contribution < -0.4 is 19.5 Å². The van der Waals surface area contributed by atoms with Gasteiger partial charge in [0.2, 0.25) is 0 Å². The summed E-state index contributed by atoms with van der Waals surface area (Å²) in [6, 6.07) is 11.9. The summed E-state index contributed by atoms with van der Waals surface area (Å²) < 4.78 is 16.5. The van der Waals surface area contributed by atoms with E-state index in [2.05, 4.69) is 5.32 Å². The maximum Gasteiger partial charge on any atom is 0.179 e. The highest BCUT2D eigenvalue weighted by Gasteiger charge is 2.15. The quantitative estimate of drug-likeness (QED) is 0.903. The number of hydrogen-bond acceptors (Lipinski definition) is 4. The van der Waals surface area contributed by atoms with Crippen LogP contribution in [0, 0.1) is 0 Å². The Balaban J connectivity index is 1.61. The van der Waals surface area contributed by atoms with Crippen molar-refractivity contribution in [1.82, 2.24) is 5.32 Å². The molecule has 0 saturated heterocycles. The Morgan fingerprint density at radius 2 is 1.78 bits per heavy atom. The lowest BCUT2D eigenvalue weighted by molar-refractivity contribution is 0.297. The van der Waals surface area contributed by atoms with Crippen LogP contribution in [0.1, 0.15) is 17.5 Å². The molecule has 1 N–H and O–H groups in total. The molecule has 0 atom stereocenters. The zero-order chi connectivity index (χ0) is 16.1. The van der Waals surface area contributed by atoms with Crippen LogP contribution in [-0.4, -0.2) is 20.3 Å². The van der Waals surface area contributed by atoms with E-state index < -0.39 is 0 Å². The first kappa shape index (κ1) is 16.0. The Morgan fingerprint density at radius 1 is 1.04 bits per heavy atom. The number of benzene rings is 2. The van der Waals surface area contributed by atoms with Crippen LogP contribution >= 0.6 is 11.6 Å². The van der Waals surface area contributed by atoms with E-state index in [0.717, 1.165) is 30.0 Å². The average Bonchev–Trinajstić information content (AvgIpc) is 2.81. The highest BCUT2D eigenvalue weighted by atomic mass is 35.5. The molecule has 23 heavy (non-hydrogen) atoms. The molecule has 1 aliphatic rings. The second-order valence-corrected chi connectivity index (χ2v) is 5.81. The van der Waals surface area contributed by atoms with E-state index in [1.807, 2.05) is 36.4 Å². The maximum atomic E-state index is 6.30. The van der Waals surface area contributed by atoms with Gasteiger partial charge in [0.15, 0.2) is 11.5 Å². The molecule has 0 spiro atoms. The van der Waals surface area contributed by atoms with Crippen molar-refractivity contribution in [2.24, 2.45) is 0 Å². The van der Waals surface area contributed by atoms with E-state index in [1.165, 1.54) is 5.56 Å². The van der Waals surface area contributed by atoms with Crippen LogP contribution in [0.5, 0.6) is 17.2 Å². The first-order valence-corrected chi connectivity index (χ1v) is 8.06. The Morgan fingerprint density at radius 3 is 2.57 bits per heavy atom. The maximum absolute atomic E-state index is 6.30. The number of ether oxygens (including phenoxy) is 3. The minimum absolute atomic E-state index is 0.602. The summed E-state index contributed by atoms with van der Waals surface area (Å²) in [6.07, 6.45) is 0.871. The first-order valence-electron chi connectivity index (χ1n) is 7.68. The van der Waals surface area contributed by atoms with Gasteiger partial charge in [-0.1, -0.05) is 23.7 Å². The van der Waals surface area contributed by atoms with Crippen molar-refractivity contribution in [3.8, 4) is 17.2 Å². The van der Waals surface area contributed by atoms with Crippen molar-refractivity contribution in [1.29, 1.82) is 0 Å². The second kappa shape index (κ2) is 7.57. The van der Waals surface area contributed by atoms with Crippen molar-refractivity contribution < 1.29 is 14.2 Å². The number of halogens is 1. The van der Waals surface area contributed by atoms with Gasteiger partial charge in [-0.3, -0.25) is 0 Å². The van der Waals surface area contributed by atoms with Crippen LogP contribution in [0.25, 0.3) is 0 Å². The molecule has 2 aromatic rings. The molecule has 2 aromatic carbocycles. The van der Waals surface area contributed by atoms with E-state index in [4.69, 9.17) is 25.8 Å². The summed E-state index contributed by atoms with van der Waals surface area (Å²) in [6.45, 7) is 2.78. The van der Waals surface area contributed by atoms with Gasteiger partial charge in [0.25, 0.3) is 0 Å². The normalized spacial score (nSPS) is 13.5. The molecule has 0 unspecified atom stereocenters. The molecule has 4 nitrogen and oxygen atoms in total. The Hall–Kier alpha value is -1.91. The smallest absolute Gasteiger partial charge is 0.179 e. The predicted molar refractivity (Wildman–Crippen MR) is 90.6 cm³/mol. The van der Waals surface area contributed by atoms with Crippen LogP contribution in [0.4, 0.5) is 0 Å². The van der Waals surface area contributed by atoms with Crippen LogP contribution in [0.15, 0.2) is 36.4 Å². The van der Waals surface area contributed by atoms with Crippen molar-refractivity contribution in [2.75, 3.05) is 20.3 Å². The van der Waals surface area contributed by atoms with Crippen molar-refractivity contribution >= 4 is 11.6 Å². The lowest BCUT2D eigenvalue weighted by atomic mass is 10.1. The molecule has 1 heterocycles. The standard InChI is InChI=1S/C18H20ClNO3/c1-21-15-5-3-13(4-6-15)11-20-12-14-9-16(19)18-17(10-14)22-7-2-8-23-18/h3-6,9-10,20H,2,7-8,11-12H2,1H3. The van der Waals surface area contributed by atoms with Crippen molar-refractivity contribution in [2.45, 2.75) is 19.5 Å². The van der Waals surface area contributed by atoms with Gasteiger partial charge in [0.1, 0.15) is 5.75 Å². The molecule has 0 bridgehead atoms. The molecule has 122 valence electrons. The molecule has 1 aliphatic heterocycles. The van der Waals surface area contributed by atoms with Gasteiger partial charge in [-0.15, -0.1) is 0 Å². The third-order valence-electron chi connectivity index (χ3n) is 3.68. The number of rotatable bonds is 5. The van der Waals surface area contributed by atoms with Crippen LogP contribution in [0.2, 0.25) is 5.02 Å². The molecular weight excluding hydrogens is 314 g/mol. The van der Waals surface area contributed by atoms with E-state index in [9.17, 15) is 0 Å². The lowest BCUT2D eigenvalue weighted by Gasteiger charge is -2.12. The Bertz CT molecular complexity index is 658. The summed E-state index contributed by atoms with van der Waals surface area (Å²) in [4.78, 5) is 0. The van der Waals surface area contributed by atoms with Gasteiger partial charge in [-0.05, 0) is 35.4 Å². The molecule has 0 saturated carbocycles. The van der Waals surface area contributed by atoms with Gasteiger partial charge in [0.05, 0.1) is 25.3 Å². The number of nitrogens with one attached hydrogen (secondary N) is 1. The fraction of sp³-hybridized carbons (Fsp3) is 0.333. The Kier molecular flexibility index (Phi) is 5.26. The van der Waals surface area contributed by atoms with E-state index >= 15 is 0 Å². The monoisotopic (exact) mass is 333 g/mol. The molecule has 3 rings (SSSR count). The fourth-order valence-corrected chi connectivity index (χ4v) is 2.77. The zero-order valence-electron chi connectivity index (χ0n) is 13.1. The summed E-state index contributed by atoms with van der Waals surface area (Å²) in [5.74, 6) is 2.25.